The SMILES string of the molecule is Cc1c(C)c(O)c2c(c1O)C(=O)C(Br)=C(CBr)C2=O. The molecule has 0 saturated carbocycles. The maximum Gasteiger partial charge on any atom is 0.205 e. The largest absolute Gasteiger partial charge is 0.507 e. The molecule has 1 aromatic rings. The summed E-state index contributed by atoms with van der Waals surface area (Å²) in [5.41, 5.74) is 0.755. The molecular weight excluding hydrogens is 380 g/mol. The highest BCUT2D eigenvalue weighted by Crippen LogP contribution is 2.43. The molecule has 0 aliphatic heterocycles. The van der Waals surface area contributed by atoms with Crippen molar-refractivity contribution in [1.82, 2.24) is 0 Å². The molecule has 0 radical (unpaired) electrons. The summed E-state index contributed by atoms with van der Waals surface area (Å²) in [7, 11) is 0. The third-order valence-corrected chi connectivity index (χ3v) is 4.72. The number of benzene rings is 1. The number of carbonyl (C=O) groups excluding carboxylic acids is 2. The number of rotatable bonds is 1. The number of hydrogen-bond donors (Lipinski definition) is 2. The van der Waals surface area contributed by atoms with Gasteiger partial charge in [0, 0.05) is 10.9 Å². The van der Waals surface area contributed by atoms with Crippen LogP contribution < -0.4 is 0 Å². The van der Waals surface area contributed by atoms with Gasteiger partial charge >= 0.3 is 0 Å². The van der Waals surface area contributed by atoms with Crippen molar-refractivity contribution in [1.29, 1.82) is 0 Å². The van der Waals surface area contributed by atoms with Gasteiger partial charge in [-0.15, -0.1) is 0 Å². The summed E-state index contributed by atoms with van der Waals surface area (Å²) in [5.74, 6) is -1.47. The topological polar surface area (TPSA) is 74.6 Å². The zero-order valence-electron chi connectivity index (χ0n) is 10.2. The Morgan fingerprint density at radius 1 is 0.947 bits per heavy atom. The van der Waals surface area contributed by atoms with Gasteiger partial charge in [-0.25, -0.2) is 0 Å². The third-order valence-electron chi connectivity index (χ3n) is 3.32. The van der Waals surface area contributed by atoms with E-state index < -0.39 is 11.6 Å². The number of aromatic hydroxyl groups is 2. The Balaban J connectivity index is 2.92. The van der Waals surface area contributed by atoms with Gasteiger partial charge in [-0.2, -0.15) is 0 Å². The van der Waals surface area contributed by atoms with Crippen LogP contribution >= 0.6 is 31.9 Å². The van der Waals surface area contributed by atoms with E-state index in [1.54, 1.807) is 13.8 Å². The van der Waals surface area contributed by atoms with E-state index in [9.17, 15) is 19.8 Å². The van der Waals surface area contributed by atoms with E-state index in [1.165, 1.54) is 0 Å². The number of ketones is 2. The van der Waals surface area contributed by atoms with Crippen molar-refractivity contribution in [2.24, 2.45) is 0 Å². The number of alkyl halides is 1. The summed E-state index contributed by atoms with van der Waals surface area (Å²) < 4.78 is 0.111. The molecule has 1 aromatic carbocycles. The molecular formula is C13H10Br2O4. The molecule has 2 rings (SSSR count). The second-order valence-corrected chi connectivity index (χ2v) is 5.64. The van der Waals surface area contributed by atoms with Gasteiger partial charge in [-0.05, 0) is 40.9 Å². The van der Waals surface area contributed by atoms with Crippen molar-refractivity contribution in [3.8, 4) is 11.5 Å². The maximum absolute atomic E-state index is 12.3. The van der Waals surface area contributed by atoms with Gasteiger partial charge in [0.1, 0.15) is 11.5 Å². The minimum Gasteiger partial charge on any atom is -0.507 e. The second kappa shape index (κ2) is 4.76. The van der Waals surface area contributed by atoms with Gasteiger partial charge in [0.2, 0.25) is 5.78 Å². The van der Waals surface area contributed by atoms with Crippen LogP contribution in [0.5, 0.6) is 11.5 Å². The van der Waals surface area contributed by atoms with E-state index >= 15 is 0 Å². The second-order valence-electron chi connectivity index (χ2n) is 4.28. The molecule has 19 heavy (non-hydrogen) atoms. The molecule has 2 N–H and O–H groups in total. The predicted molar refractivity (Wildman–Crippen MR) is 77.7 cm³/mol. The number of fused-ring (bicyclic) bond motifs is 1. The smallest absolute Gasteiger partial charge is 0.205 e. The molecule has 0 spiro atoms. The normalized spacial score (nSPS) is 14.9. The summed E-state index contributed by atoms with van der Waals surface area (Å²) in [6.07, 6.45) is 0. The fraction of sp³-hybridized carbons (Fsp3) is 0.231. The Morgan fingerprint density at radius 3 is 1.79 bits per heavy atom. The van der Waals surface area contributed by atoms with Crippen molar-refractivity contribution in [2.45, 2.75) is 13.8 Å². The highest BCUT2D eigenvalue weighted by molar-refractivity contribution is 9.12. The Kier molecular flexibility index (Phi) is 3.57. The minimum absolute atomic E-state index is 0.111. The summed E-state index contributed by atoms with van der Waals surface area (Å²) in [6.45, 7) is 3.17. The first-order chi connectivity index (χ1) is 8.82. The maximum atomic E-state index is 12.3. The van der Waals surface area contributed by atoms with Gasteiger partial charge in [-0.3, -0.25) is 9.59 Å². The van der Waals surface area contributed by atoms with E-state index in [0.29, 0.717) is 11.1 Å². The average molecular weight is 390 g/mol. The molecule has 4 nitrogen and oxygen atoms in total. The van der Waals surface area contributed by atoms with Crippen LogP contribution in [0.1, 0.15) is 31.8 Å². The molecule has 1 aliphatic carbocycles. The zero-order chi connectivity index (χ0) is 14.5. The zero-order valence-corrected chi connectivity index (χ0v) is 13.3. The molecule has 6 heteroatoms. The Bertz CT molecular complexity index is 659. The van der Waals surface area contributed by atoms with Crippen molar-refractivity contribution in [3.05, 3.63) is 32.3 Å². The molecule has 0 heterocycles. The van der Waals surface area contributed by atoms with Gasteiger partial charge in [0.25, 0.3) is 0 Å². The van der Waals surface area contributed by atoms with Crippen LogP contribution in [0.15, 0.2) is 10.1 Å². The molecule has 0 bridgehead atoms. The van der Waals surface area contributed by atoms with Crippen LogP contribution in [-0.2, 0) is 0 Å². The molecule has 0 unspecified atom stereocenters. The average Bonchev–Trinajstić information content (AvgIpc) is 2.38. The highest BCUT2D eigenvalue weighted by Gasteiger charge is 2.36. The van der Waals surface area contributed by atoms with Crippen molar-refractivity contribution in [2.75, 3.05) is 5.33 Å². The standard InChI is InChI=1S/C13H10Br2O4/c1-4-5(2)11(17)8-7(10(4)16)12(18)6(3-14)9(15)13(8)19/h16-17H,3H2,1-2H3. The number of Topliss-reactive ketones (excluding diaryl/α,β-unsaturated/α-hetero) is 2. The lowest BCUT2D eigenvalue weighted by molar-refractivity contribution is 0.0977. The Hall–Kier alpha value is -1.14. The quantitative estimate of drug-likeness (QED) is 0.571. The van der Waals surface area contributed by atoms with Crippen molar-refractivity contribution in [3.63, 3.8) is 0 Å². The monoisotopic (exact) mass is 388 g/mol. The van der Waals surface area contributed by atoms with E-state index in [2.05, 4.69) is 31.9 Å². The number of phenolic OH excluding ortho intramolecular Hbond substituents is 2. The van der Waals surface area contributed by atoms with Gasteiger partial charge < -0.3 is 10.2 Å². The lowest BCUT2D eigenvalue weighted by Gasteiger charge is -2.21. The molecule has 0 saturated heterocycles. The first kappa shape index (κ1) is 14.3. The van der Waals surface area contributed by atoms with Crippen LogP contribution in [0.2, 0.25) is 0 Å². The Morgan fingerprint density at radius 2 is 1.37 bits per heavy atom. The fourth-order valence-corrected chi connectivity index (χ4v) is 3.46. The van der Waals surface area contributed by atoms with E-state index in [-0.39, 0.29) is 38.0 Å². The minimum atomic E-state index is -0.500. The number of allylic oxidation sites excluding steroid dienone is 2. The lowest BCUT2D eigenvalue weighted by atomic mass is 9.85. The van der Waals surface area contributed by atoms with Gasteiger partial charge in [0.15, 0.2) is 5.78 Å². The van der Waals surface area contributed by atoms with Crippen LogP contribution in [0, 0.1) is 13.8 Å². The number of carbonyl (C=O) groups is 2. The number of halogens is 2. The van der Waals surface area contributed by atoms with Gasteiger partial charge in [-0.1, -0.05) is 15.9 Å². The highest BCUT2D eigenvalue weighted by atomic mass is 79.9. The fourth-order valence-electron chi connectivity index (χ4n) is 2.03. The van der Waals surface area contributed by atoms with E-state index in [1.807, 2.05) is 0 Å². The molecule has 0 amide bonds. The molecule has 1 aliphatic rings. The Labute approximate surface area is 126 Å². The third kappa shape index (κ3) is 1.85. The van der Waals surface area contributed by atoms with Gasteiger partial charge in [0.05, 0.1) is 15.6 Å². The van der Waals surface area contributed by atoms with Crippen LogP contribution in [0.25, 0.3) is 0 Å². The van der Waals surface area contributed by atoms with E-state index in [4.69, 9.17) is 0 Å². The summed E-state index contributed by atoms with van der Waals surface area (Å²) in [5, 5.41) is 20.4. The molecule has 0 atom stereocenters. The molecule has 100 valence electrons. The number of hydrogen-bond acceptors (Lipinski definition) is 4. The van der Waals surface area contributed by atoms with Crippen LogP contribution in [0.3, 0.4) is 0 Å². The summed E-state index contributed by atoms with van der Waals surface area (Å²) >= 11 is 6.22. The molecule has 0 fully saturated rings. The van der Waals surface area contributed by atoms with Crippen molar-refractivity contribution < 1.29 is 19.8 Å². The molecule has 0 aromatic heterocycles. The van der Waals surface area contributed by atoms with E-state index in [0.717, 1.165) is 0 Å². The van der Waals surface area contributed by atoms with Crippen LogP contribution in [-0.4, -0.2) is 27.1 Å². The van der Waals surface area contributed by atoms with Crippen molar-refractivity contribution >= 4 is 43.4 Å². The summed E-state index contributed by atoms with van der Waals surface area (Å²) in [4.78, 5) is 24.5. The first-order valence-corrected chi connectivity index (χ1v) is 7.33. The first-order valence-electron chi connectivity index (χ1n) is 5.42. The summed E-state index contributed by atoms with van der Waals surface area (Å²) in [6, 6.07) is 0. The lowest BCUT2D eigenvalue weighted by Crippen LogP contribution is -2.21. The number of phenols is 2. The predicted octanol–water partition coefficient (Wildman–Crippen LogP) is 3.14. The van der Waals surface area contributed by atoms with Crippen LogP contribution in [0.4, 0.5) is 0 Å².